The van der Waals surface area contributed by atoms with Crippen molar-refractivity contribution in [1.29, 1.82) is 0 Å². The molecule has 0 aliphatic carbocycles. The monoisotopic (exact) mass is 348 g/mol. The normalized spacial score (nSPS) is 17.7. The van der Waals surface area contributed by atoms with Crippen LogP contribution < -0.4 is 10.1 Å². The second-order valence-corrected chi connectivity index (χ2v) is 5.49. The summed E-state index contributed by atoms with van der Waals surface area (Å²) in [5.74, 6) is 0.283. The van der Waals surface area contributed by atoms with Crippen molar-refractivity contribution in [1.82, 2.24) is 10.2 Å². The van der Waals surface area contributed by atoms with E-state index in [0.717, 1.165) is 31.5 Å². The standard InChI is InChI=1S/C16H22F2N2O2.ClH/c1-19-13-3-2-10-20(11-13)15(21)9-6-12-4-7-14(8-5-12)22-16(17)18;/h4-5,7-8,13,16,19H,2-3,6,9-11H2,1H3;1H. The first-order valence-corrected chi connectivity index (χ1v) is 7.57. The summed E-state index contributed by atoms with van der Waals surface area (Å²) in [6, 6.07) is 6.83. The Labute approximate surface area is 141 Å². The zero-order valence-corrected chi connectivity index (χ0v) is 14.0. The van der Waals surface area contributed by atoms with Gasteiger partial charge in [0.05, 0.1) is 0 Å². The van der Waals surface area contributed by atoms with Gasteiger partial charge in [0.25, 0.3) is 0 Å². The van der Waals surface area contributed by atoms with Gasteiger partial charge in [-0.05, 0) is 44.0 Å². The van der Waals surface area contributed by atoms with E-state index in [1.54, 1.807) is 12.1 Å². The fraction of sp³-hybridized carbons (Fsp3) is 0.562. The Morgan fingerprint density at radius 3 is 2.70 bits per heavy atom. The average molecular weight is 349 g/mol. The number of rotatable bonds is 6. The van der Waals surface area contributed by atoms with E-state index in [1.165, 1.54) is 12.1 Å². The van der Waals surface area contributed by atoms with Gasteiger partial charge in [0, 0.05) is 25.6 Å². The Bertz CT molecular complexity index is 485. The molecule has 1 aliphatic rings. The molecule has 1 fully saturated rings. The molecule has 23 heavy (non-hydrogen) atoms. The number of alkyl halides is 2. The SMILES string of the molecule is CNC1CCCN(C(=O)CCc2ccc(OC(F)F)cc2)C1.Cl. The highest BCUT2D eigenvalue weighted by Crippen LogP contribution is 2.17. The van der Waals surface area contributed by atoms with Crippen LogP contribution in [0.2, 0.25) is 0 Å². The molecule has 7 heteroatoms. The van der Waals surface area contributed by atoms with Crippen LogP contribution >= 0.6 is 12.4 Å². The number of hydrogen-bond acceptors (Lipinski definition) is 3. The number of nitrogens with zero attached hydrogens (tertiary/aromatic N) is 1. The molecule has 130 valence electrons. The Morgan fingerprint density at radius 2 is 2.09 bits per heavy atom. The second-order valence-electron chi connectivity index (χ2n) is 5.49. The minimum absolute atomic E-state index is 0. The van der Waals surface area contributed by atoms with Gasteiger partial charge in [-0.25, -0.2) is 0 Å². The van der Waals surface area contributed by atoms with Gasteiger partial charge in [-0.2, -0.15) is 8.78 Å². The number of ether oxygens (including phenoxy) is 1. The van der Waals surface area contributed by atoms with Crippen molar-refractivity contribution >= 4 is 18.3 Å². The summed E-state index contributed by atoms with van der Waals surface area (Å²) in [7, 11) is 1.92. The average Bonchev–Trinajstić information content (AvgIpc) is 2.53. The minimum atomic E-state index is -2.81. The molecule has 2 rings (SSSR count). The lowest BCUT2D eigenvalue weighted by Crippen LogP contribution is -2.47. The molecular weight excluding hydrogens is 326 g/mol. The van der Waals surface area contributed by atoms with Crippen molar-refractivity contribution in [3.8, 4) is 5.75 Å². The first-order chi connectivity index (χ1) is 10.6. The molecule has 0 radical (unpaired) electrons. The summed E-state index contributed by atoms with van der Waals surface area (Å²) in [4.78, 5) is 14.1. The van der Waals surface area contributed by atoms with E-state index in [9.17, 15) is 13.6 Å². The number of aryl methyl sites for hydroxylation is 1. The van der Waals surface area contributed by atoms with Crippen LogP contribution in [0.25, 0.3) is 0 Å². The Morgan fingerprint density at radius 1 is 1.39 bits per heavy atom. The highest BCUT2D eigenvalue weighted by atomic mass is 35.5. The third kappa shape index (κ3) is 6.31. The smallest absolute Gasteiger partial charge is 0.387 e. The van der Waals surface area contributed by atoms with Gasteiger partial charge < -0.3 is 15.0 Å². The molecule has 0 saturated carbocycles. The number of benzene rings is 1. The molecule has 0 bridgehead atoms. The molecule has 1 aromatic carbocycles. The van der Waals surface area contributed by atoms with Crippen LogP contribution in [-0.4, -0.2) is 43.6 Å². The number of likely N-dealkylation sites (tertiary alicyclic amines) is 1. The van der Waals surface area contributed by atoms with E-state index in [-0.39, 0.29) is 24.1 Å². The maximum absolute atomic E-state index is 12.2. The number of carbonyl (C=O) groups is 1. The predicted molar refractivity (Wildman–Crippen MR) is 87.3 cm³/mol. The number of hydrogen-bond donors (Lipinski definition) is 1. The summed E-state index contributed by atoms with van der Waals surface area (Å²) in [5, 5.41) is 3.22. The summed E-state index contributed by atoms with van der Waals surface area (Å²) in [6.07, 6.45) is 3.17. The summed E-state index contributed by atoms with van der Waals surface area (Å²) >= 11 is 0. The van der Waals surface area contributed by atoms with Crippen LogP contribution in [0, 0.1) is 0 Å². The fourth-order valence-electron chi connectivity index (χ4n) is 2.69. The van der Waals surface area contributed by atoms with Gasteiger partial charge in [0.2, 0.25) is 5.91 Å². The number of amides is 1. The van der Waals surface area contributed by atoms with Crippen LogP contribution in [0.4, 0.5) is 8.78 Å². The van der Waals surface area contributed by atoms with E-state index in [4.69, 9.17) is 0 Å². The van der Waals surface area contributed by atoms with Crippen molar-refractivity contribution in [2.45, 2.75) is 38.3 Å². The fourth-order valence-corrected chi connectivity index (χ4v) is 2.69. The molecule has 1 atom stereocenters. The lowest BCUT2D eigenvalue weighted by molar-refractivity contribution is -0.132. The van der Waals surface area contributed by atoms with Crippen molar-refractivity contribution in [3.63, 3.8) is 0 Å². The van der Waals surface area contributed by atoms with Crippen molar-refractivity contribution in [3.05, 3.63) is 29.8 Å². The van der Waals surface area contributed by atoms with Gasteiger partial charge in [0.15, 0.2) is 0 Å². The summed E-state index contributed by atoms with van der Waals surface area (Å²) < 4.78 is 28.4. The topological polar surface area (TPSA) is 41.6 Å². The minimum Gasteiger partial charge on any atom is -0.435 e. The largest absolute Gasteiger partial charge is 0.435 e. The lowest BCUT2D eigenvalue weighted by Gasteiger charge is -2.32. The van der Waals surface area contributed by atoms with Crippen molar-refractivity contribution in [2.75, 3.05) is 20.1 Å². The zero-order chi connectivity index (χ0) is 15.9. The predicted octanol–water partition coefficient (Wildman–Crippen LogP) is 2.85. The van der Waals surface area contributed by atoms with E-state index < -0.39 is 6.61 Å². The van der Waals surface area contributed by atoms with Crippen molar-refractivity contribution in [2.24, 2.45) is 0 Å². The number of piperidine rings is 1. The molecule has 1 saturated heterocycles. The van der Waals surface area contributed by atoms with Crippen LogP contribution in [-0.2, 0) is 11.2 Å². The van der Waals surface area contributed by atoms with Crippen LogP contribution in [0.15, 0.2) is 24.3 Å². The molecule has 1 aliphatic heterocycles. The maximum Gasteiger partial charge on any atom is 0.387 e. The zero-order valence-electron chi connectivity index (χ0n) is 13.1. The third-order valence-corrected chi connectivity index (χ3v) is 3.96. The molecule has 1 unspecified atom stereocenters. The van der Waals surface area contributed by atoms with Gasteiger partial charge in [0.1, 0.15) is 5.75 Å². The molecule has 1 amide bonds. The number of likely N-dealkylation sites (N-methyl/N-ethyl adjacent to an activating group) is 1. The Balaban J connectivity index is 0.00000264. The first-order valence-electron chi connectivity index (χ1n) is 7.57. The molecule has 0 aromatic heterocycles. The highest BCUT2D eigenvalue weighted by molar-refractivity contribution is 5.85. The van der Waals surface area contributed by atoms with Gasteiger partial charge in [-0.15, -0.1) is 12.4 Å². The number of nitrogens with one attached hydrogen (secondary N) is 1. The molecule has 1 N–H and O–H groups in total. The molecule has 1 aromatic rings. The molecule has 1 heterocycles. The number of halogens is 3. The van der Waals surface area contributed by atoms with E-state index in [1.807, 2.05) is 11.9 Å². The second kappa shape index (κ2) is 9.67. The van der Waals surface area contributed by atoms with E-state index in [0.29, 0.717) is 18.9 Å². The maximum atomic E-state index is 12.2. The number of carbonyl (C=O) groups excluding carboxylic acids is 1. The van der Waals surface area contributed by atoms with Crippen molar-refractivity contribution < 1.29 is 18.3 Å². The lowest BCUT2D eigenvalue weighted by atomic mass is 10.0. The van der Waals surface area contributed by atoms with Crippen LogP contribution in [0.1, 0.15) is 24.8 Å². The van der Waals surface area contributed by atoms with Crippen LogP contribution in [0.5, 0.6) is 5.75 Å². The summed E-state index contributed by atoms with van der Waals surface area (Å²) in [6.45, 7) is -1.24. The van der Waals surface area contributed by atoms with E-state index in [2.05, 4.69) is 10.1 Å². The van der Waals surface area contributed by atoms with Gasteiger partial charge >= 0.3 is 6.61 Å². The Hall–Kier alpha value is -1.40. The van der Waals surface area contributed by atoms with Gasteiger partial charge in [-0.3, -0.25) is 4.79 Å². The first kappa shape index (κ1) is 19.6. The quantitative estimate of drug-likeness (QED) is 0.859. The van der Waals surface area contributed by atoms with Crippen LogP contribution in [0.3, 0.4) is 0 Å². The molecule has 0 spiro atoms. The van der Waals surface area contributed by atoms with E-state index >= 15 is 0 Å². The summed E-state index contributed by atoms with van der Waals surface area (Å²) in [5.41, 5.74) is 0.942. The Kier molecular flexibility index (Phi) is 8.26. The molecular formula is C16H23ClF2N2O2. The molecule has 4 nitrogen and oxygen atoms in total. The third-order valence-electron chi connectivity index (χ3n) is 3.96. The van der Waals surface area contributed by atoms with Gasteiger partial charge in [-0.1, -0.05) is 12.1 Å². The highest BCUT2D eigenvalue weighted by Gasteiger charge is 2.22.